The van der Waals surface area contributed by atoms with E-state index in [-0.39, 0.29) is 61.3 Å². The van der Waals surface area contributed by atoms with Gasteiger partial charge in [0.2, 0.25) is 23.5 Å². The Morgan fingerprint density at radius 2 is 1.44 bits per heavy atom. The molecular weight excluding hydrogens is 1000 g/mol. The zero-order valence-corrected chi connectivity index (χ0v) is 45.5. The van der Waals surface area contributed by atoms with E-state index < -0.39 is 47.6 Å². The van der Waals surface area contributed by atoms with Gasteiger partial charge >= 0.3 is 5.97 Å². The van der Waals surface area contributed by atoms with Crippen molar-refractivity contribution in [1.82, 2.24) is 20.4 Å². The highest BCUT2D eigenvalue weighted by Crippen LogP contribution is 2.46. The number of amides is 6. The van der Waals surface area contributed by atoms with Gasteiger partial charge in [0.15, 0.2) is 29.6 Å². The Balaban J connectivity index is 0.835. The van der Waals surface area contributed by atoms with Gasteiger partial charge in [-0.2, -0.15) is 0 Å². The van der Waals surface area contributed by atoms with Crippen molar-refractivity contribution >= 4 is 47.1 Å². The number of imide groups is 2. The van der Waals surface area contributed by atoms with E-state index in [9.17, 15) is 38.7 Å². The summed E-state index contributed by atoms with van der Waals surface area (Å²) in [6.45, 7) is 3.14. The number of fused-ring (bicyclic) bond motifs is 1. The lowest BCUT2D eigenvalue weighted by molar-refractivity contribution is -0.153. The number of carbonyl (C=O) groups excluding carboxylic acids is 6. The van der Waals surface area contributed by atoms with Crippen molar-refractivity contribution in [2.75, 3.05) is 67.1 Å². The summed E-state index contributed by atoms with van der Waals surface area (Å²) in [4.78, 5) is 93.1. The number of likely N-dealkylation sites (tertiary alicyclic amines) is 1. The highest BCUT2D eigenvalue weighted by molar-refractivity contribution is 6.25. The first-order valence-corrected chi connectivity index (χ1v) is 26.9. The molecule has 2 fully saturated rings. The molecule has 78 heavy (non-hydrogen) atoms. The first-order valence-electron chi connectivity index (χ1n) is 26.9. The van der Waals surface area contributed by atoms with Crippen molar-refractivity contribution in [3.8, 4) is 34.5 Å². The Bertz CT molecular complexity index is 2810. The number of unbranched alkanes of at least 4 members (excludes halogenated alkanes) is 5. The van der Waals surface area contributed by atoms with E-state index in [1.54, 1.807) is 44.6 Å². The van der Waals surface area contributed by atoms with Gasteiger partial charge < -0.3 is 49.1 Å². The van der Waals surface area contributed by atoms with E-state index in [1.807, 2.05) is 43.3 Å². The molecule has 4 aromatic carbocycles. The fraction of sp³-hybridized carbons (Fsp3) is 0.475. The summed E-state index contributed by atoms with van der Waals surface area (Å²) in [5, 5.41) is 19.1. The van der Waals surface area contributed by atoms with Crippen molar-refractivity contribution < 1.29 is 67.1 Å². The number of methoxy groups -OCH3 is 5. The van der Waals surface area contributed by atoms with Crippen LogP contribution in [-0.4, -0.2) is 130 Å². The minimum Gasteiger partial charge on any atom is -0.493 e. The molecule has 3 aliphatic rings. The summed E-state index contributed by atoms with van der Waals surface area (Å²) in [5.41, 5.74) is 4.61. The monoisotopic (exact) mass is 1080 g/mol. The molecule has 4 aromatic rings. The molecule has 0 aliphatic carbocycles. The number of hydrogen-bond acceptors (Lipinski definition) is 14. The predicted molar refractivity (Wildman–Crippen MR) is 290 cm³/mol. The van der Waals surface area contributed by atoms with E-state index in [1.165, 1.54) is 26.2 Å². The number of nitrogens with zero attached hydrogens (tertiary/aromatic N) is 2. The quantitative estimate of drug-likeness (QED) is 0.0316. The van der Waals surface area contributed by atoms with E-state index in [0.717, 1.165) is 66.5 Å². The number of benzene rings is 4. The number of aliphatic carboxylic acids is 1. The lowest BCUT2D eigenvalue weighted by Gasteiger charge is -2.40. The van der Waals surface area contributed by atoms with Crippen LogP contribution in [0.2, 0.25) is 0 Å². The second-order valence-electron chi connectivity index (χ2n) is 19.8. The van der Waals surface area contributed by atoms with Gasteiger partial charge in [-0.3, -0.25) is 39.0 Å². The zero-order chi connectivity index (χ0) is 55.9. The van der Waals surface area contributed by atoms with Crippen molar-refractivity contribution in [2.24, 2.45) is 0 Å². The maximum Gasteiger partial charge on any atom is 0.326 e. The van der Waals surface area contributed by atoms with Crippen molar-refractivity contribution in [1.29, 1.82) is 0 Å². The van der Waals surface area contributed by atoms with Crippen LogP contribution in [0.3, 0.4) is 0 Å². The van der Waals surface area contributed by atoms with Crippen LogP contribution in [0.25, 0.3) is 0 Å². The van der Waals surface area contributed by atoms with Crippen LogP contribution in [0.5, 0.6) is 34.5 Å². The number of aryl methyl sites for hydroxylation is 2. The first-order chi connectivity index (χ1) is 37.8. The first kappa shape index (κ1) is 57.9. The van der Waals surface area contributed by atoms with Gasteiger partial charge in [0, 0.05) is 37.3 Å². The maximum absolute atomic E-state index is 14.4. The number of nitrogens with one attached hydrogen (secondary N) is 3. The average molecular weight is 1080 g/mol. The molecule has 2 saturated heterocycles. The molecule has 3 heterocycles. The molecule has 4 atom stereocenters. The lowest BCUT2D eigenvalue weighted by Crippen LogP contribution is -2.54. The van der Waals surface area contributed by atoms with Gasteiger partial charge in [0.05, 0.1) is 52.6 Å². The van der Waals surface area contributed by atoms with Crippen molar-refractivity contribution in [3.05, 3.63) is 100 Å². The number of anilines is 1. The van der Waals surface area contributed by atoms with Crippen LogP contribution >= 0.6 is 0 Å². The third kappa shape index (κ3) is 13.5. The number of rotatable bonds is 28. The standard InChI is InChI=1S/C59H73N5O14/c1-7-41(39-33-47(74-3)53(76-5)48(34-39)75-4)56(68)63-30-27-38(32-45(63)59(71)72)51-37(23-25-46(73-2)54(51)77-6)19-14-17-36-18-15-20-40(31-36)78-35-50(66)61-29-13-11-9-8-10-12-28-60-43-22-16-21-42-52(43)58(70)64(57(42)69)44-24-26-49(65)62-55(44)67/h15-16,18,20-23,25,31,33-34,38,41,44-45,60H,7-14,17,19,24,26-30,32,35H2,1-6H3,(H,61,66)(H,71,72)(H,62,65,67)/t38?,41-,44?,45-/m0/s1. The Labute approximate surface area is 455 Å². The van der Waals surface area contributed by atoms with E-state index >= 15 is 0 Å². The summed E-state index contributed by atoms with van der Waals surface area (Å²) in [6.07, 6.45) is 8.98. The number of piperidine rings is 2. The number of carboxylic acid groups (broad SMARTS) is 1. The third-order valence-electron chi connectivity index (χ3n) is 14.9. The van der Waals surface area contributed by atoms with Crippen LogP contribution < -0.4 is 44.4 Å². The summed E-state index contributed by atoms with van der Waals surface area (Å²) in [6, 6.07) is 18.0. The summed E-state index contributed by atoms with van der Waals surface area (Å²) < 4.78 is 34.2. The average Bonchev–Trinajstić information content (AvgIpc) is 3.71. The van der Waals surface area contributed by atoms with Gasteiger partial charge in [-0.05, 0) is 123 Å². The van der Waals surface area contributed by atoms with Gasteiger partial charge in [-0.15, -0.1) is 0 Å². The van der Waals surface area contributed by atoms with Crippen LogP contribution in [0.15, 0.2) is 66.7 Å². The molecule has 6 amide bonds. The Morgan fingerprint density at radius 3 is 2.10 bits per heavy atom. The predicted octanol–water partition coefficient (Wildman–Crippen LogP) is 7.61. The summed E-state index contributed by atoms with van der Waals surface area (Å²) in [7, 11) is 7.68. The lowest BCUT2D eigenvalue weighted by atomic mass is 9.80. The van der Waals surface area contributed by atoms with Crippen LogP contribution in [-0.2, 0) is 36.8 Å². The summed E-state index contributed by atoms with van der Waals surface area (Å²) >= 11 is 0. The number of carbonyl (C=O) groups is 7. The fourth-order valence-electron chi connectivity index (χ4n) is 11.0. The smallest absolute Gasteiger partial charge is 0.326 e. The molecule has 4 N–H and O–H groups in total. The number of hydrogen-bond donors (Lipinski definition) is 4. The maximum atomic E-state index is 14.4. The van der Waals surface area contributed by atoms with Gasteiger partial charge in [-0.1, -0.05) is 56.9 Å². The second kappa shape index (κ2) is 27.5. The molecule has 0 saturated carbocycles. The highest BCUT2D eigenvalue weighted by Gasteiger charge is 2.46. The molecule has 0 spiro atoms. The topological polar surface area (TPSA) is 238 Å². The SMILES string of the molecule is CC[C@H](C(=O)N1CCC(c2c(CCCc3cccc(OCC(=O)NCCCCCCCCNc4cccc5c4C(=O)N(C4CCC(=O)NC4=O)C5=O)c3)ccc(OC)c2OC)C[C@H]1C(=O)O)c1cc(OC)c(OC)c(OC)c1. The molecule has 7 rings (SSSR count). The fourth-order valence-corrected chi connectivity index (χ4v) is 11.0. The van der Waals surface area contributed by atoms with Gasteiger partial charge in [-0.25, -0.2) is 4.79 Å². The molecule has 3 aliphatic heterocycles. The van der Waals surface area contributed by atoms with Crippen molar-refractivity contribution in [2.45, 2.75) is 121 Å². The van der Waals surface area contributed by atoms with Crippen LogP contribution in [0.1, 0.15) is 139 Å². The molecule has 0 aromatic heterocycles. The molecule has 0 radical (unpaired) electrons. The molecular formula is C59H73N5O14. The van der Waals surface area contributed by atoms with E-state index in [4.69, 9.17) is 28.4 Å². The largest absolute Gasteiger partial charge is 0.493 e. The Morgan fingerprint density at radius 1 is 0.744 bits per heavy atom. The zero-order valence-electron chi connectivity index (χ0n) is 45.5. The molecule has 0 bridgehead atoms. The summed E-state index contributed by atoms with van der Waals surface area (Å²) in [5.74, 6) is -1.68. The Hall–Kier alpha value is -7.83. The van der Waals surface area contributed by atoms with Gasteiger partial charge in [0.25, 0.3) is 17.7 Å². The Kier molecular flexibility index (Phi) is 20.4. The van der Waals surface area contributed by atoms with E-state index in [0.29, 0.717) is 84.5 Å². The van der Waals surface area contributed by atoms with Crippen LogP contribution in [0, 0.1) is 0 Å². The molecule has 19 heteroatoms. The normalized spacial score (nSPS) is 17.4. The molecule has 19 nitrogen and oxygen atoms in total. The highest BCUT2D eigenvalue weighted by atomic mass is 16.5. The number of carboxylic acids is 1. The minimum absolute atomic E-state index is 0.0629. The molecule has 2 unspecified atom stereocenters. The minimum atomic E-state index is -1.08. The number of ether oxygens (including phenoxy) is 6. The van der Waals surface area contributed by atoms with Crippen LogP contribution in [0.4, 0.5) is 5.69 Å². The third-order valence-corrected chi connectivity index (χ3v) is 14.9. The van der Waals surface area contributed by atoms with Gasteiger partial charge in [0.1, 0.15) is 17.8 Å². The van der Waals surface area contributed by atoms with Crippen molar-refractivity contribution in [3.63, 3.8) is 0 Å². The van der Waals surface area contributed by atoms with E-state index in [2.05, 4.69) is 16.0 Å². The second-order valence-corrected chi connectivity index (χ2v) is 19.8. The molecule has 418 valence electrons.